The molecule has 0 aliphatic rings. The molecule has 0 aromatic carbocycles. The lowest BCUT2D eigenvalue weighted by molar-refractivity contribution is 0.208. The number of nitrogens with two attached hydrogens (primary N) is 1. The Kier molecular flexibility index (Phi) is 6.28. The van der Waals surface area contributed by atoms with Gasteiger partial charge in [0.2, 0.25) is 0 Å². The van der Waals surface area contributed by atoms with Gasteiger partial charge in [0.25, 0.3) is 0 Å². The van der Waals surface area contributed by atoms with Crippen LogP contribution in [0.2, 0.25) is 0 Å². The van der Waals surface area contributed by atoms with E-state index in [-0.39, 0.29) is 0 Å². The lowest BCUT2D eigenvalue weighted by atomic mass is 10.2. The van der Waals surface area contributed by atoms with E-state index in [0.717, 1.165) is 18.0 Å². The van der Waals surface area contributed by atoms with Crippen LogP contribution in [-0.2, 0) is 6.54 Å². The van der Waals surface area contributed by atoms with E-state index in [1.54, 1.807) is 11.3 Å². The van der Waals surface area contributed by atoms with E-state index >= 15 is 0 Å². The van der Waals surface area contributed by atoms with E-state index in [1.807, 2.05) is 0 Å². The van der Waals surface area contributed by atoms with Gasteiger partial charge < -0.3 is 5.73 Å². The van der Waals surface area contributed by atoms with Gasteiger partial charge in [0.05, 0.1) is 11.4 Å². The Morgan fingerprint density at radius 2 is 2.18 bits per heavy atom. The van der Waals surface area contributed by atoms with Crippen LogP contribution in [0.3, 0.4) is 0 Å². The van der Waals surface area contributed by atoms with Crippen LogP contribution in [0.5, 0.6) is 0 Å². The summed E-state index contributed by atoms with van der Waals surface area (Å²) >= 11 is 1.77. The van der Waals surface area contributed by atoms with Crippen LogP contribution in [0, 0.1) is 11.8 Å². The Bertz CT molecular complexity index is 386. The van der Waals surface area contributed by atoms with Gasteiger partial charge in [0, 0.05) is 17.5 Å². The molecule has 94 valence electrons. The first-order valence-electron chi connectivity index (χ1n) is 6.22. The van der Waals surface area contributed by atoms with E-state index in [1.165, 1.54) is 11.3 Å². The van der Waals surface area contributed by atoms with Crippen molar-refractivity contribution in [1.29, 1.82) is 0 Å². The summed E-state index contributed by atoms with van der Waals surface area (Å²) < 4.78 is 0. The molecule has 0 bridgehead atoms. The first kappa shape index (κ1) is 14.2. The number of rotatable bonds is 5. The summed E-state index contributed by atoms with van der Waals surface area (Å²) in [4.78, 5) is 4.99. The molecule has 0 radical (unpaired) electrons. The zero-order valence-electron chi connectivity index (χ0n) is 11.0. The Morgan fingerprint density at radius 1 is 1.41 bits per heavy atom. The van der Waals surface area contributed by atoms with Crippen LogP contribution >= 0.6 is 11.3 Å². The quantitative estimate of drug-likeness (QED) is 0.814. The predicted molar refractivity (Wildman–Crippen MR) is 76.1 cm³/mol. The third-order valence-corrected chi connectivity index (χ3v) is 3.94. The van der Waals surface area contributed by atoms with Crippen LogP contribution in [0.4, 0.5) is 0 Å². The molecule has 17 heavy (non-hydrogen) atoms. The van der Waals surface area contributed by atoms with Gasteiger partial charge >= 0.3 is 0 Å². The molecule has 0 amide bonds. The number of thiophene rings is 1. The summed E-state index contributed by atoms with van der Waals surface area (Å²) in [6.45, 7) is 9.29. The van der Waals surface area contributed by atoms with Gasteiger partial charge in [-0.3, -0.25) is 4.90 Å². The van der Waals surface area contributed by atoms with Gasteiger partial charge in [-0.15, -0.1) is 11.3 Å². The summed E-state index contributed by atoms with van der Waals surface area (Å²) in [6.07, 6.45) is 1.19. The predicted octanol–water partition coefficient (Wildman–Crippen LogP) is 2.68. The Hall–Kier alpha value is -0.820. The molecule has 0 aliphatic carbocycles. The summed E-state index contributed by atoms with van der Waals surface area (Å²) in [7, 11) is 0. The van der Waals surface area contributed by atoms with Gasteiger partial charge in [-0.2, -0.15) is 0 Å². The normalized spacial score (nSPS) is 12.3. The van der Waals surface area contributed by atoms with Crippen LogP contribution in [-0.4, -0.2) is 24.0 Å². The third kappa shape index (κ3) is 4.51. The van der Waals surface area contributed by atoms with Gasteiger partial charge in [-0.05, 0) is 32.0 Å². The second kappa shape index (κ2) is 7.50. The minimum absolute atomic E-state index is 0.432. The molecule has 1 aromatic heterocycles. The van der Waals surface area contributed by atoms with Crippen LogP contribution in [0.25, 0.3) is 0 Å². The highest BCUT2D eigenvalue weighted by atomic mass is 32.1. The monoisotopic (exact) mass is 250 g/mol. The molecule has 0 aliphatic heterocycles. The topological polar surface area (TPSA) is 29.3 Å². The second-order valence-corrected chi connectivity index (χ2v) is 5.26. The summed E-state index contributed by atoms with van der Waals surface area (Å²) in [5, 5.41) is 0. The smallest absolute Gasteiger partial charge is 0.0772 e. The summed E-state index contributed by atoms with van der Waals surface area (Å²) in [6, 6.07) is 4.91. The van der Waals surface area contributed by atoms with Crippen molar-refractivity contribution in [1.82, 2.24) is 4.90 Å². The van der Waals surface area contributed by atoms with E-state index in [9.17, 15) is 0 Å². The molecule has 0 saturated carbocycles. The van der Waals surface area contributed by atoms with Crippen molar-refractivity contribution in [2.75, 3.05) is 13.1 Å². The lowest BCUT2D eigenvalue weighted by Gasteiger charge is -2.26. The van der Waals surface area contributed by atoms with Crippen LogP contribution in [0.15, 0.2) is 12.1 Å². The molecule has 0 saturated heterocycles. The minimum atomic E-state index is 0.432. The maximum Gasteiger partial charge on any atom is 0.0772 e. The molecule has 0 fully saturated rings. The van der Waals surface area contributed by atoms with Gasteiger partial charge in [0.1, 0.15) is 0 Å². The fourth-order valence-corrected chi connectivity index (χ4v) is 2.61. The average molecular weight is 250 g/mol. The minimum Gasteiger partial charge on any atom is -0.320 e. The number of hydrogen-bond donors (Lipinski definition) is 1. The van der Waals surface area contributed by atoms with E-state index < -0.39 is 0 Å². The molecule has 1 rings (SSSR count). The fourth-order valence-electron chi connectivity index (χ4n) is 1.71. The molecule has 1 aromatic rings. The lowest BCUT2D eigenvalue weighted by Crippen LogP contribution is -2.31. The van der Waals surface area contributed by atoms with Crippen molar-refractivity contribution in [3.63, 3.8) is 0 Å². The molecule has 3 heteroatoms. The molecule has 2 N–H and O–H groups in total. The largest absolute Gasteiger partial charge is 0.320 e. The highest BCUT2D eigenvalue weighted by Gasteiger charge is 2.11. The summed E-state index contributed by atoms with van der Waals surface area (Å²) in [5.74, 6) is 5.98. The molecule has 2 nitrogen and oxygen atoms in total. The first-order chi connectivity index (χ1) is 8.21. The molecule has 1 heterocycles. The Balaban J connectivity index is 2.64. The molecular weight excluding hydrogens is 228 g/mol. The van der Waals surface area contributed by atoms with Crippen molar-refractivity contribution in [2.45, 2.75) is 39.8 Å². The molecule has 1 unspecified atom stereocenters. The zero-order valence-corrected chi connectivity index (χ0v) is 11.8. The van der Waals surface area contributed by atoms with Crippen molar-refractivity contribution < 1.29 is 0 Å². The van der Waals surface area contributed by atoms with Crippen LogP contribution < -0.4 is 5.73 Å². The average Bonchev–Trinajstić information content (AvgIpc) is 2.80. The van der Waals surface area contributed by atoms with E-state index in [4.69, 9.17) is 5.73 Å². The maximum absolute atomic E-state index is 5.37. The van der Waals surface area contributed by atoms with Crippen molar-refractivity contribution in [2.24, 2.45) is 5.73 Å². The molecule has 1 atom stereocenters. The summed E-state index contributed by atoms with van der Waals surface area (Å²) in [5.41, 5.74) is 5.37. The van der Waals surface area contributed by atoms with Gasteiger partial charge in [-0.1, -0.05) is 25.7 Å². The van der Waals surface area contributed by atoms with Gasteiger partial charge in [-0.25, -0.2) is 0 Å². The number of hydrogen-bond acceptors (Lipinski definition) is 3. The molecular formula is C14H22N2S. The first-order valence-corrected chi connectivity index (χ1v) is 7.04. The van der Waals surface area contributed by atoms with Crippen LogP contribution in [0.1, 0.15) is 36.9 Å². The maximum atomic E-state index is 5.37. The van der Waals surface area contributed by atoms with Gasteiger partial charge in [0.15, 0.2) is 0 Å². The SMILES string of the molecule is CCC(C)N(CC)Cc1ccc(C#CCN)s1. The standard InChI is InChI=1S/C14H22N2S/c1-4-12(3)16(5-2)11-14-9-8-13(17-14)7-6-10-15/h8-9,12H,4-5,10-11,15H2,1-3H3. The Morgan fingerprint density at radius 3 is 2.76 bits per heavy atom. The fraction of sp³-hybridized carbons (Fsp3) is 0.571. The Labute approximate surface area is 109 Å². The highest BCUT2D eigenvalue weighted by molar-refractivity contribution is 7.12. The van der Waals surface area contributed by atoms with Crippen molar-refractivity contribution in [3.8, 4) is 11.8 Å². The number of nitrogens with zero attached hydrogens (tertiary/aromatic N) is 1. The second-order valence-electron chi connectivity index (χ2n) is 4.09. The molecule has 0 spiro atoms. The van der Waals surface area contributed by atoms with Crippen molar-refractivity contribution >= 4 is 11.3 Å². The third-order valence-electron chi connectivity index (χ3n) is 2.95. The zero-order chi connectivity index (χ0) is 12.7. The van der Waals surface area contributed by atoms with E-state index in [0.29, 0.717) is 12.6 Å². The van der Waals surface area contributed by atoms with E-state index in [2.05, 4.69) is 49.6 Å². The van der Waals surface area contributed by atoms with Crippen molar-refractivity contribution in [3.05, 3.63) is 21.9 Å². The highest BCUT2D eigenvalue weighted by Crippen LogP contribution is 2.19.